The number of benzene rings is 1. The maximum atomic E-state index is 13.9. The van der Waals surface area contributed by atoms with Crippen LogP contribution in [-0.2, 0) is 10.7 Å². The first-order valence-electron chi connectivity index (χ1n) is 6.67. The molecule has 0 saturated carbocycles. The molecule has 0 N–H and O–H groups in total. The largest absolute Gasteiger partial charge is 0.344 e. The van der Waals surface area contributed by atoms with Crippen LogP contribution in [0.4, 0.5) is 8.78 Å². The van der Waals surface area contributed by atoms with Crippen molar-refractivity contribution in [2.75, 3.05) is 13.6 Å². The van der Waals surface area contributed by atoms with Crippen LogP contribution in [0.3, 0.4) is 0 Å². The van der Waals surface area contributed by atoms with E-state index < -0.39 is 11.6 Å². The van der Waals surface area contributed by atoms with Crippen LogP contribution in [0.1, 0.15) is 24.7 Å². The van der Waals surface area contributed by atoms with Gasteiger partial charge in [0.1, 0.15) is 17.2 Å². The van der Waals surface area contributed by atoms with Gasteiger partial charge in [-0.1, -0.05) is 0 Å². The molecule has 7 heteroatoms. The summed E-state index contributed by atoms with van der Waals surface area (Å²) in [5, 5.41) is 0. The first-order chi connectivity index (χ1) is 10.0. The first-order valence-corrected chi connectivity index (χ1v) is 7.20. The molecule has 2 heterocycles. The molecule has 1 aliphatic rings. The molecule has 21 heavy (non-hydrogen) atoms. The molecule has 1 unspecified atom stereocenters. The number of carbonyl (C=O) groups excluding carboxylic acids is 1. The zero-order valence-electron chi connectivity index (χ0n) is 11.4. The number of alkyl halides is 1. The first kappa shape index (κ1) is 14.3. The normalized spacial score (nSPS) is 19.5. The fourth-order valence-corrected chi connectivity index (χ4v) is 3.06. The number of halogens is 3. The zero-order valence-corrected chi connectivity index (χ0v) is 12.2. The minimum absolute atomic E-state index is 0.0699. The molecule has 0 spiro atoms. The van der Waals surface area contributed by atoms with Gasteiger partial charge in [-0.2, -0.15) is 0 Å². The topological polar surface area (TPSA) is 38.1 Å². The van der Waals surface area contributed by atoms with Gasteiger partial charge < -0.3 is 9.47 Å². The Kier molecular flexibility index (Phi) is 3.57. The Morgan fingerprint density at radius 1 is 1.43 bits per heavy atom. The van der Waals surface area contributed by atoms with E-state index in [-0.39, 0.29) is 23.3 Å². The van der Waals surface area contributed by atoms with Gasteiger partial charge in [0.25, 0.3) is 0 Å². The number of fused-ring (bicyclic) bond motifs is 1. The summed E-state index contributed by atoms with van der Waals surface area (Å²) in [5.41, 5.74) is 0.502. The Morgan fingerprint density at radius 2 is 2.19 bits per heavy atom. The minimum Gasteiger partial charge on any atom is -0.344 e. The van der Waals surface area contributed by atoms with Crippen LogP contribution in [0.2, 0.25) is 0 Å². The molecule has 1 atom stereocenters. The van der Waals surface area contributed by atoms with Gasteiger partial charge in [-0.3, -0.25) is 4.79 Å². The Balaban J connectivity index is 2.14. The van der Waals surface area contributed by atoms with Gasteiger partial charge in [0.2, 0.25) is 5.91 Å². The summed E-state index contributed by atoms with van der Waals surface area (Å²) in [6.45, 7) is 0.478. The molecule has 2 aromatic rings. The maximum Gasteiger partial charge on any atom is 0.222 e. The Labute approximate surface area is 125 Å². The highest BCUT2D eigenvalue weighted by molar-refractivity contribution is 6.16. The molecular formula is C14H14ClF2N3O. The molecule has 1 aromatic heterocycles. The van der Waals surface area contributed by atoms with Gasteiger partial charge in [0.05, 0.1) is 17.4 Å². The summed E-state index contributed by atoms with van der Waals surface area (Å²) in [6, 6.07) is 2.00. The van der Waals surface area contributed by atoms with Crippen LogP contribution in [0.5, 0.6) is 0 Å². The number of piperidine rings is 1. The van der Waals surface area contributed by atoms with Gasteiger partial charge in [0.15, 0.2) is 5.82 Å². The number of likely N-dealkylation sites (tertiary alicyclic amines) is 1. The number of carbonyl (C=O) groups is 1. The maximum absolute atomic E-state index is 13.9. The van der Waals surface area contributed by atoms with E-state index in [9.17, 15) is 13.6 Å². The Morgan fingerprint density at radius 3 is 2.86 bits per heavy atom. The van der Waals surface area contributed by atoms with Crippen molar-refractivity contribution < 1.29 is 13.6 Å². The molecule has 0 radical (unpaired) electrons. The van der Waals surface area contributed by atoms with Crippen molar-refractivity contribution in [2.45, 2.75) is 24.8 Å². The van der Waals surface area contributed by atoms with Crippen LogP contribution in [0, 0.1) is 11.6 Å². The molecule has 112 valence electrons. The van der Waals surface area contributed by atoms with E-state index in [1.54, 1.807) is 16.5 Å². The van der Waals surface area contributed by atoms with E-state index in [0.717, 1.165) is 6.07 Å². The monoisotopic (exact) mass is 313 g/mol. The van der Waals surface area contributed by atoms with Gasteiger partial charge >= 0.3 is 0 Å². The molecule has 0 bridgehead atoms. The van der Waals surface area contributed by atoms with Crippen LogP contribution < -0.4 is 0 Å². The number of likely N-dealkylation sites (N-methyl/N-ethyl adjacent to an activating group) is 1. The van der Waals surface area contributed by atoms with E-state index in [1.807, 2.05) is 0 Å². The summed E-state index contributed by atoms with van der Waals surface area (Å²) in [7, 11) is 1.72. The lowest BCUT2D eigenvalue weighted by Crippen LogP contribution is -2.38. The highest BCUT2D eigenvalue weighted by Crippen LogP contribution is 2.30. The van der Waals surface area contributed by atoms with Crippen molar-refractivity contribution in [3.05, 3.63) is 29.6 Å². The number of hydrogen-bond donors (Lipinski definition) is 0. The predicted molar refractivity (Wildman–Crippen MR) is 75.1 cm³/mol. The molecule has 1 aromatic carbocycles. The minimum atomic E-state index is -0.699. The van der Waals surface area contributed by atoms with Crippen LogP contribution in [-0.4, -0.2) is 34.0 Å². The molecule has 4 nitrogen and oxygen atoms in total. The van der Waals surface area contributed by atoms with Gasteiger partial charge in [-0.15, -0.1) is 11.6 Å². The second kappa shape index (κ2) is 5.26. The molecule has 1 amide bonds. The van der Waals surface area contributed by atoms with E-state index in [4.69, 9.17) is 11.6 Å². The average Bonchev–Trinajstić information content (AvgIpc) is 2.80. The number of imidazole rings is 1. The molecule has 3 rings (SSSR count). The molecule has 0 aliphatic carbocycles. The van der Waals surface area contributed by atoms with E-state index in [0.29, 0.717) is 30.7 Å². The summed E-state index contributed by atoms with van der Waals surface area (Å²) >= 11 is 5.90. The van der Waals surface area contributed by atoms with Crippen molar-refractivity contribution >= 4 is 28.5 Å². The number of aromatic nitrogens is 2. The Bertz CT molecular complexity index is 716. The molecule has 1 aliphatic heterocycles. The van der Waals surface area contributed by atoms with Gasteiger partial charge in [0, 0.05) is 26.1 Å². The number of nitrogens with zero attached hydrogens (tertiary/aromatic N) is 3. The van der Waals surface area contributed by atoms with Gasteiger partial charge in [-0.25, -0.2) is 13.8 Å². The number of rotatable bonds is 2. The zero-order chi connectivity index (χ0) is 15.1. The second-order valence-electron chi connectivity index (χ2n) is 5.25. The number of amides is 1. The number of hydrogen-bond acceptors (Lipinski definition) is 2. The second-order valence-corrected chi connectivity index (χ2v) is 5.52. The van der Waals surface area contributed by atoms with Crippen molar-refractivity contribution in [1.29, 1.82) is 0 Å². The van der Waals surface area contributed by atoms with E-state index in [1.165, 1.54) is 6.07 Å². The highest BCUT2D eigenvalue weighted by atomic mass is 35.5. The third kappa shape index (κ3) is 2.37. The molecule has 1 fully saturated rings. The molecule has 1 saturated heterocycles. The van der Waals surface area contributed by atoms with Crippen molar-refractivity contribution in [3.8, 4) is 0 Å². The van der Waals surface area contributed by atoms with E-state index in [2.05, 4.69) is 4.98 Å². The van der Waals surface area contributed by atoms with Crippen LogP contribution >= 0.6 is 11.6 Å². The smallest absolute Gasteiger partial charge is 0.222 e. The Hall–Kier alpha value is -1.69. The lowest BCUT2D eigenvalue weighted by molar-refractivity contribution is -0.132. The lowest BCUT2D eigenvalue weighted by Gasteiger charge is -2.31. The standard InChI is InChI=1S/C14H14ClF2N3O/c1-19-7-9(2-3-13(19)21)20-11-5-8(16)4-10(17)14(11)18-12(20)6-15/h4-5,9H,2-3,6-7H2,1H3. The third-order valence-electron chi connectivity index (χ3n) is 3.87. The van der Waals surface area contributed by atoms with Crippen molar-refractivity contribution in [1.82, 2.24) is 14.5 Å². The summed E-state index contributed by atoms with van der Waals surface area (Å²) in [6.07, 6.45) is 1.01. The SMILES string of the molecule is CN1CC(n2c(CCl)nc3c(F)cc(F)cc32)CCC1=O. The highest BCUT2D eigenvalue weighted by Gasteiger charge is 2.28. The fraction of sp³-hybridized carbons (Fsp3) is 0.429. The summed E-state index contributed by atoms with van der Waals surface area (Å²) < 4.78 is 29.1. The quantitative estimate of drug-likeness (QED) is 0.800. The third-order valence-corrected chi connectivity index (χ3v) is 4.11. The average molecular weight is 314 g/mol. The summed E-state index contributed by atoms with van der Waals surface area (Å²) in [4.78, 5) is 17.4. The van der Waals surface area contributed by atoms with E-state index >= 15 is 0 Å². The fourth-order valence-electron chi connectivity index (χ4n) is 2.87. The predicted octanol–water partition coefficient (Wildman–Crippen LogP) is 2.85. The summed E-state index contributed by atoms with van der Waals surface area (Å²) in [5.74, 6) is -0.689. The molecular weight excluding hydrogens is 300 g/mol. The van der Waals surface area contributed by atoms with Crippen LogP contribution in [0.25, 0.3) is 11.0 Å². The van der Waals surface area contributed by atoms with Crippen molar-refractivity contribution in [2.24, 2.45) is 0 Å². The lowest BCUT2D eigenvalue weighted by atomic mass is 10.0. The van der Waals surface area contributed by atoms with Crippen molar-refractivity contribution in [3.63, 3.8) is 0 Å². The van der Waals surface area contributed by atoms with Crippen LogP contribution in [0.15, 0.2) is 12.1 Å². The van der Waals surface area contributed by atoms with Gasteiger partial charge in [-0.05, 0) is 12.5 Å².